The molecule has 3 aliphatic carbocycles. The molecule has 1 aromatic rings. The molecule has 1 saturated carbocycles. The number of likely N-dealkylation sites (tertiary alicyclic amines) is 1. The van der Waals surface area contributed by atoms with E-state index >= 15 is 0 Å². The van der Waals surface area contributed by atoms with E-state index in [1.807, 2.05) is 24.1 Å². The van der Waals surface area contributed by atoms with Gasteiger partial charge in [0, 0.05) is 31.0 Å². The van der Waals surface area contributed by atoms with Gasteiger partial charge < -0.3 is 36.0 Å². The van der Waals surface area contributed by atoms with Crippen LogP contribution in [0.25, 0.3) is 5.76 Å². The SMILES string of the molecule is CN1CCC(N(C)c2ccc3c(c2O)C(O)=C2C(=O)[C@]4(O)C(O)=C(C(N)=O)C(=O)C[C@@H]4C[C@@H]2C3)CC1. The first-order valence-electron chi connectivity index (χ1n) is 12.2. The molecular weight excluding hydrogens is 466 g/mol. The van der Waals surface area contributed by atoms with Crippen molar-refractivity contribution in [1.82, 2.24) is 4.90 Å². The summed E-state index contributed by atoms with van der Waals surface area (Å²) in [6.45, 7) is 1.86. The van der Waals surface area contributed by atoms with E-state index in [0.717, 1.165) is 25.9 Å². The summed E-state index contributed by atoms with van der Waals surface area (Å²) in [6.07, 6.45) is 1.94. The smallest absolute Gasteiger partial charge is 0.255 e. The molecule has 2 fully saturated rings. The van der Waals surface area contributed by atoms with Crippen molar-refractivity contribution in [2.24, 2.45) is 17.6 Å². The van der Waals surface area contributed by atoms with Gasteiger partial charge in [-0.3, -0.25) is 14.4 Å². The number of rotatable bonds is 3. The molecule has 5 rings (SSSR count). The summed E-state index contributed by atoms with van der Waals surface area (Å²) >= 11 is 0. The van der Waals surface area contributed by atoms with Crippen LogP contribution in [-0.2, 0) is 20.8 Å². The van der Waals surface area contributed by atoms with Crippen LogP contribution in [0, 0.1) is 11.8 Å². The minimum atomic E-state index is -2.55. The summed E-state index contributed by atoms with van der Waals surface area (Å²) in [4.78, 5) is 42.0. The third-order valence-corrected chi connectivity index (χ3v) is 8.53. The maximum atomic E-state index is 13.6. The lowest BCUT2D eigenvalue weighted by Gasteiger charge is -2.46. The summed E-state index contributed by atoms with van der Waals surface area (Å²) in [5.41, 5.74) is 3.06. The van der Waals surface area contributed by atoms with Crippen LogP contribution >= 0.6 is 0 Å². The minimum Gasteiger partial charge on any atom is -0.508 e. The number of hydrogen-bond acceptors (Lipinski definition) is 9. The average molecular weight is 498 g/mol. The second-order valence-corrected chi connectivity index (χ2v) is 10.5. The first-order valence-corrected chi connectivity index (χ1v) is 12.2. The van der Waals surface area contributed by atoms with Gasteiger partial charge in [-0.25, -0.2) is 0 Å². The number of aromatic hydroxyl groups is 1. The Bertz CT molecular complexity index is 1240. The number of aliphatic hydroxyl groups excluding tert-OH is 2. The van der Waals surface area contributed by atoms with E-state index in [9.17, 15) is 34.8 Å². The van der Waals surface area contributed by atoms with Gasteiger partial charge in [-0.1, -0.05) is 6.07 Å². The van der Waals surface area contributed by atoms with Gasteiger partial charge in [0.25, 0.3) is 5.91 Å². The zero-order chi connectivity index (χ0) is 26.1. The van der Waals surface area contributed by atoms with E-state index in [0.29, 0.717) is 17.7 Å². The molecule has 36 heavy (non-hydrogen) atoms. The fraction of sp³-hybridized carbons (Fsp3) is 0.500. The minimum absolute atomic E-state index is 0.124. The first kappa shape index (κ1) is 24.3. The number of hydrogen-bond donors (Lipinski definition) is 5. The monoisotopic (exact) mass is 497 g/mol. The number of carbonyl (C=O) groups excluding carboxylic acids is 3. The lowest BCUT2D eigenvalue weighted by atomic mass is 9.59. The number of fused-ring (bicyclic) bond motifs is 3. The number of amides is 1. The number of nitrogens with two attached hydrogens (primary N) is 1. The van der Waals surface area contributed by atoms with Gasteiger partial charge in [0.15, 0.2) is 11.4 Å². The molecule has 0 aromatic heterocycles. The zero-order valence-electron chi connectivity index (χ0n) is 20.3. The molecule has 0 spiro atoms. The van der Waals surface area contributed by atoms with Crippen molar-refractivity contribution in [3.05, 3.63) is 40.2 Å². The Labute approximate surface area is 208 Å². The number of phenolic OH excluding ortho intramolecular Hbond substituents is 1. The summed E-state index contributed by atoms with van der Waals surface area (Å²) in [7, 11) is 3.95. The second kappa shape index (κ2) is 8.35. The highest BCUT2D eigenvalue weighted by Gasteiger charge is 2.60. The summed E-state index contributed by atoms with van der Waals surface area (Å²) < 4.78 is 0. The number of benzene rings is 1. The number of aliphatic hydroxyl groups is 3. The number of anilines is 1. The number of Topliss-reactive ketones (excluding diaryl/α,β-unsaturated/α-hetero) is 2. The quantitative estimate of drug-likeness (QED) is 0.382. The Morgan fingerprint density at radius 3 is 2.44 bits per heavy atom. The highest BCUT2D eigenvalue weighted by molar-refractivity contribution is 6.22. The Kier molecular flexibility index (Phi) is 5.64. The highest BCUT2D eigenvalue weighted by atomic mass is 16.3. The van der Waals surface area contributed by atoms with Crippen LogP contribution in [0.2, 0.25) is 0 Å². The Hall–Kier alpha value is -3.37. The van der Waals surface area contributed by atoms with Crippen molar-refractivity contribution in [1.29, 1.82) is 0 Å². The molecule has 1 heterocycles. The lowest BCUT2D eigenvalue weighted by molar-refractivity contribution is -0.147. The van der Waals surface area contributed by atoms with Crippen molar-refractivity contribution in [2.75, 3.05) is 32.1 Å². The number of primary amides is 1. The number of piperidine rings is 1. The first-order chi connectivity index (χ1) is 17.0. The van der Waals surface area contributed by atoms with E-state index in [1.54, 1.807) is 0 Å². The molecule has 1 saturated heterocycles. The molecule has 1 aromatic carbocycles. The Morgan fingerprint density at radius 1 is 1.14 bits per heavy atom. The molecule has 1 amide bonds. The Balaban J connectivity index is 1.58. The van der Waals surface area contributed by atoms with Crippen molar-refractivity contribution in [3.63, 3.8) is 0 Å². The molecular formula is C26H31N3O7. The fourth-order valence-electron chi connectivity index (χ4n) is 6.45. The largest absolute Gasteiger partial charge is 0.508 e. The molecule has 0 unspecified atom stereocenters. The predicted octanol–water partition coefficient (Wildman–Crippen LogP) is 0.954. The van der Waals surface area contributed by atoms with E-state index in [1.165, 1.54) is 0 Å². The summed E-state index contributed by atoms with van der Waals surface area (Å²) in [6, 6.07) is 3.83. The third kappa shape index (κ3) is 3.35. The van der Waals surface area contributed by atoms with Crippen molar-refractivity contribution < 1.29 is 34.8 Å². The van der Waals surface area contributed by atoms with Crippen LogP contribution < -0.4 is 10.6 Å². The summed E-state index contributed by atoms with van der Waals surface area (Å²) in [5, 5.41) is 44.5. The normalized spacial score (nSPS) is 29.1. The molecule has 10 heteroatoms. The maximum Gasteiger partial charge on any atom is 0.255 e. The standard InChI is InChI=1S/C26H31N3O7/c1-28-7-5-15(6-8-28)29(2)16-4-3-12-9-13-10-14-11-17(30)20(25(27)35)24(34)26(14,36)23(33)19(13)22(32)18(12)21(16)31/h3-4,13-15,31-32,34,36H,5-11H2,1-2H3,(H2,27,35)/t13-,14-,26-/m0/s1. The molecule has 0 radical (unpaired) electrons. The predicted molar refractivity (Wildman–Crippen MR) is 130 cm³/mol. The maximum absolute atomic E-state index is 13.6. The van der Waals surface area contributed by atoms with Gasteiger partial charge in [-0.2, -0.15) is 0 Å². The lowest BCUT2D eigenvalue weighted by Crippen LogP contribution is -2.58. The van der Waals surface area contributed by atoms with Crippen LogP contribution in [0.15, 0.2) is 29.0 Å². The van der Waals surface area contributed by atoms with E-state index < -0.39 is 52.0 Å². The third-order valence-electron chi connectivity index (χ3n) is 8.53. The number of nitrogens with zero attached hydrogens (tertiary/aromatic N) is 2. The van der Waals surface area contributed by atoms with E-state index in [2.05, 4.69) is 11.9 Å². The molecule has 0 bridgehead atoms. The van der Waals surface area contributed by atoms with Crippen molar-refractivity contribution in [3.8, 4) is 5.75 Å². The van der Waals surface area contributed by atoms with Crippen molar-refractivity contribution >= 4 is 28.9 Å². The van der Waals surface area contributed by atoms with Crippen LogP contribution in [0.4, 0.5) is 5.69 Å². The van der Waals surface area contributed by atoms with Crippen LogP contribution in [-0.4, -0.2) is 81.6 Å². The number of ketones is 2. The van der Waals surface area contributed by atoms with Gasteiger partial charge in [-0.15, -0.1) is 0 Å². The second-order valence-electron chi connectivity index (χ2n) is 10.5. The van der Waals surface area contributed by atoms with Gasteiger partial charge >= 0.3 is 0 Å². The molecule has 10 nitrogen and oxygen atoms in total. The number of phenols is 1. The average Bonchev–Trinajstić information content (AvgIpc) is 2.81. The molecule has 4 aliphatic rings. The highest BCUT2D eigenvalue weighted by Crippen LogP contribution is 2.52. The van der Waals surface area contributed by atoms with E-state index in [-0.39, 0.29) is 35.8 Å². The fourth-order valence-corrected chi connectivity index (χ4v) is 6.45. The zero-order valence-corrected chi connectivity index (χ0v) is 20.3. The molecule has 192 valence electrons. The van der Waals surface area contributed by atoms with Crippen molar-refractivity contribution in [2.45, 2.75) is 43.7 Å². The van der Waals surface area contributed by atoms with Crippen LogP contribution in [0.1, 0.15) is 36.8 Å². The summed E-state index contributed by atoms with van der Waals surface area (Å²) in [5.74, 6) is -6.11. The molecule has 1 aliphatic heterocycles. The number of carbonyl (C=O) groups is 3. The van der Waals surface area contributed by atoms with Crippen LogP contribution in [0.5, 0.6) is 5.75 Å². The van der Waals surface area contributed by atoms with E-state index in [4.69, 9.17) is 5.73 Å². The molecule has 3 atom stereocenters. The van der Waals surface area contributed by atoms with Gasteiger partial charge in [0.1, 0.15) is 22.8 Å². The van der Waals surface area contributed by atoms with Gasteiger partial charge in [-0.05, 0) is 63.4 Å². The van der Waals surface area contributed by atoms with Crippen LogP contribution in [0.3, 0.4) is 0 Å². The topological polar surface area (TPSA) is 165 Å². The van der Waals surface area contributed by atoms with Gasteiger partial charge in [0.05, 0.1) is 11.3 Å². The Morgan fingerprint density at radius 2 is 1.81 bits per heavy atom. The van der Waals surface area contributed by atoms with Gasteiger partial charge in [0.2, 0.25) is 5.78 Å². The molecule has 6 N–H and O–H groups in total.